The number of nitrogens with two attached hydrogens (primary N) is 1. The van der Waals surface area contributed by atoms with Crippen LogP contribution < -0.4 is 5.73 Å². The van der Waals surface area contributed by atoms with E-state index in [-0.39, 0.29) is 0 Å². The van der Waals surface area contributed by atoms with Crippen LogP contribution in [0.1, 0.15) is 23.2 Å². The molecule has 0 fully saturated rings. The van der Waals surface area contributed by atoms with Crippen molar-refractivity contribution in [3.63, 3.8) is 0 Å². The third kappa shape index (κ3) is 4.76. The highest BCUT2D eigenvalue weighted by molar-refractivity contribution is 5.16. The first-order chi connectivity index (χ1) is 9.78. The van der Waals surface area contributed by atoms with Crippen LogP contribution in [0.3, 0.4) is 0 Å². The summed E-state index contributed by atoms with van der Waals surface area (Å²) in [5, 5.41) is 0. The summed E-state index contributed by atoms with van der Waals surface area (Å²) in [6, 6.07) is 14.8. The van der Waals surface area contributed by atoms with Gasteiger partial charge in [0, 0.05) is 31.5 Å². The van der Waals surface area contributed by atoms with E-state index >= 15 is 0 Å². The van der Waals surface area contributed by atoms with Crippen LogP contribution in [0, 0.1) is 6.92 Å². The summed E-state index contributed by atoms with van der Waals surface area (Å²) in [6.07, 6.45) is 2.99. The molecule has 3 heteroatoms. The van der Waals surface area contributed by atoms with E-state index in [1.54, 1.807) is 0 Å². The lowest BCUT2D eigenvalue weighted by Gasteiger charge is -2.22. The Hall–Kier alpha value is -1.71. The van der Waals surface area contributed by atoms with E-state index in [1.165, 1.54) is 11.1 Å². The van der Waals surface area contributed by atoms with Gasteiger partial charge < -0.3 is 5.73 Å². The Bertz CT molecular complexity index is 493. The molecule has 0 radical (unpaired) electrons. The van der Waals surface area contributed by atoms with E-state index in [1.807, 2.05) is 13.1 Å². The predicted octanol–water partition coefficient (Wildman–Crippen LogP) is 2.74. The third-order valence-electron chi connectivity index (χ3n) is 3.31. The summed E-state index contributed by atoms with van der Waals surface area (Å²) in [6.45, 7) is 5.63. The molecule has 2 aromatic rings. The van der Waals surface area contributed by atoms with Gasteiger partial charge in [-0.3, -0.25) is 9.88 Å². The number of hydrogen-bond acceptors (Lipinski definition) is 3. The lowest BCUT2D eigenvalue weighted by atomic mass is 10.2. The molecule has 1 aromatic heterocycles. The number of nitrogens with zero attached hydrogens (tertiary/aromatic N) is 2. The minimum Gasteiger partial charge on any atom is -0.330 e. The van der Waals surface area contributed by atoms with Crippen LogP contribution in [0.25, 0.3) is 0 Å². The quantitative estimate of drug-likeness (QED) is 0.840. The topological polar surface area (TPSA) is 42.1 Å². The molecule has 0 unspecified atom stereocenters. The molecule has 106 valence electrons. The molecule has 0 bridgehead atoms. The fourth-order valence-corrected chi connectivity index (χ4v) is 2.22. The lowest BCUT2D eigenvalue weighted by molar-refractivity contribution is 0.254. The fourth-order valence-electron chi connectivity index (χ4n) is 2.22. The highest BCUT2D eigenvalue weighted by Gasteiger charge is 2.07. The van der Waals surface area contributed by atoms with Gasteiger partial charge in [-0.05, 0) is 37.1 Å². The van der Waals surface area contributed by atoms with E-state index in [0.29, 0.717) is 0 Å². The average Bonchev–Trinajstić information content (AvgIpc) is 2.48. The average molecular weight is 269 g/mol. The third-order valence-corrected chi connectivity index (χ3v) is 3.31. The Balaban J connectivity index is 2.01. The van der Waals surface area contributed by atoms with Gasteiger partial charge in [0.15, 0.2) is 0 Å². The molecule has 0 aliphatic carbocycles. The Morgan fingerprint density at radius 1 is 1.00 bits per heavy atom. The number of aryl methyl sites for hydroxylation is 1. The Kier molecular flexibility index (Phi) is 5.71. The van der Waals surface area contributed by atoms with Crippen molar-refractivity contribution in [2.75, 3.05) is 13.1 Å². The highest BCUT2D eigenvalue weighted by Crippen LogP contribution is 2.10. The van der Waals surface area contributed by atoms with Gasteiger partial charge in [-0.25, -0.2) is 0 Å². The largest absolute Gasteiger partial charge is 0.330 e. The maximum atomic E-state index is 5.64. The number of rotatable bonds is 7. The van der Waals surface area contributed by atoms with Gasteiger partial charge in [0.2, 0.25) is 0 Å². The molecule has 0 aliphatic rings. The van der Waals surface area contributed by atoms with Crippen molar-refractivity contribution < 1.29 is 0 Å². The summed E-state index contributed by atoms with van der Waals surface area (Å²) in [5.41, 5.74) is 9.30. The second-order valence-electron chi connectivity index (χ2n) is 5.15. The molecule has 0 spiro atoms. The summed E-state index contributed by atoms with van der Waals surface area (Å²) in [4.78, 5) is 6.79. The molecule has 1 aromatic carbocycles. The standard InChI is InChI=1S/C17H23N3/c1-15-8-9-17(12-19-15)14-20(11-5-10-18)13-16-6-3-2-4-7-16/h2-4,6-9,12H,5,10-11,13-14,18H2,1H3. The van der Waals surface area contributed by atoms with E-state index in [0.717, 1.165) is 38.3 Å². The molecule has 0 aliphatic heterocycles. The molecule has 20 heavy (non-hydrogen) atoms. The zero-order chi connectivity index (χ0) is 14.2. The van der Waals surface area contributed by atoms with E-state index < -0.39 is 0 Å². The summed E-state index contributed by atoms with van der Waals surface area (Å²) in [5.74, 6) is 0. The van der Waals surface area contributed by atoms with Crippen LogP contribution in [0.5, 0.6) is 0 Å². The first-order valence-corrected chi connectivity index (χ1v) is 7.16. The number of pyridine rings is 1. The number of aromatic nitrogens is 1. The second-order valence-corrected chi connectivity index (χ2v) is 5.15. The molecular weight excluding hydrogens is 246 g/mol. The summed E-state index contributed by atoms with van der Waals surface area (Å²) < 4.78 is 0. The van der Waals surface area contributed by atoms with Crippen LogP contribution in [0.15, 0.2) is 48.7 Å². The lowest BCUT2D eigenvalue weighted by Crippen LogP contribution is -2.25. The maximum absolute atomic E-state index is 5.64. The predicted molar refractivity (Wildman–Crippen MR) is 83.2 cm³/mol. The number of hydrogen-bond donors (Lipinski definition) is 1. The van der Waals surface area contributed by atoms with Gasteiger partial charge in [0.25, 0.3) is 0 Å². The van der Waals surface area contributed by atoms with Gasteiger partial charge in [-0.1, -0.05) is 36.4 Å². The van der Waals surface area contributed by atoms with Crippen molar-refractivity contribution in [1.29, 1.82) is 0 Å². The van der Waals surface area contributed by atoms with Crippen LogP contribution in [-0.2, 0) is 13.1 Å². The van der Waals surface area contributed by atoms with Crippen molar-refractivity contribution >= 4 is 0 Å². The smallest absolute Gasteiger partial charge is 0.0372 e. The minimum absolute atomic E-state index is 0.734. The zero-order valence-corrected chi connectivity index (χ0v) is 12.1. The Morgan fingerprint density at radius 3 is 2.40 bits per heavy atom. The van der Waals surface area contributed by atoms with Crippen LogP contribution in [0.4, 0.5) is 0 Å². The SMILES string of the molecule is Cc1ccc(CN(CCCN)Cc2ccccc2)cn1. The molecular formula is C17H23N3. The molecule has 0 amide bonds. The van der Waals surface area contributed by atoms with E-state index in [9.17, 15) is 0 Å². The van der Waals surface area contributed by atoms with Crippen molar-refractivity contribution in [3.05, 3.63) is 65.5 Å². The first-order valence-electron chi connectivity index (χ1n) is 7.16. The fraction of sp³-hybridized carbons (Fsp3) is 0.353. The van der Waals surface area contributed by atoms with Crippen molar-refractivity contribution in [1.82, 2.24) is 9.88 Å². The van der Waals surface area contributed by atoms with Gasteiger partial charge in [-0.15, -0.1) is 0 Å². The van der Waals surface area contributed by atoms with Gasteiger partial charge in [-0.2, -0.15) is 0 Å². The van der Waals surface area contributed by atoms with Crippen LogP contribution in [0.2, 0.25) is 0 Å². The number of benzene rings is 1. The minimum atomic E-state index is 0.734. The molecule has 2 rings (SSSR count). The zero-order valence-electron chi connectivity index (χ0n) is 12.1. The van der Waals surface area contributed by atoms with Gasteiger partial charge in [0.05, 0.1) is 0 Å². The van der Waals surface area contributed by atoms with Gasteiger partial charge >= 0.3 is 0 Å². The molecule has 0 saturated carbocycles. The van der Waals surface area contributed by atoms with Gasteiger partial charge in [0.1, 0.15) is 0 Å². The highest BCUT2D eigenvalue weighted by atomic mass is 15.1. The Morgan fingerprint density at radius 2 is 1.75 bits per heavy atom. The van der Waals surface area contributed by atoms with E-state index in [2.05, 4.69) is 52.3 Å². The molecule has 2 N–H and O–H groups in total. The molecule has 0 atom stereocenters. The van der Waals surface area contributed by atoms with Crippen LogP contribution >= 0.6 is 0 Å². The second kappa shape index (κ2) is 7.78. The van der Waals surface area contributed by atoms with Crippen molar-refractivity contribution in [2.24, 2.45) is 5.73 Å². The Labute approximate surface area is 121 Å². The molecule has 3 nitrogen and oxygen atoms in total. The normalized spacial score (nSPS) is 10.9. The summed E-state index contributed by atoms with van der Waals surface area (Å²) >= 11 is 0. The maximum Gasteiger partial charge on any atom is 0.0372 e. The van der Waals surface area contributed by atoms with E-state index in [4.69, 9.17) is 5.73 Å². The molecule has 0 saturated heterocycles. The monoisotopic (exact) mass is 269 g/mol. The molecule has 1 heterocycles. The summed E-state index contributed by atoms with van der Waals surface area (Å²) in [7, 11) is 0. The van der Waals surface area contributed by atoms with Crippen LogP contribution in [-0.4, -0.2) is 23.0 Å². The van der Waals surface area contributed by atoms with Crippen molar-refractivity contribution in [3.8, 4) is 0 Å². The first kappa shape index (κ1) is 14.7. The van der Waals surface area contributed by atoms with Crippen molar-refractivity contribution in [2.45, 2.75) is 26.4 Å².